The van der Waals surface area contributed by atoms with Gasteiger partial charge in [0.05, 0.1) is 6.42 Å². The van der Waals surface area contributed by atoms with E-state index in [4.69, 9.17) is 0 Å². The number of carbonyl (C=O) groups is 3. The summed E-state index contributed by atoms with van der Waals surface area (Å²) in [5.41, 5.74) is 2.91. The Bertz CT molecular complexity index is 1120. The molecule has 3 amide bonds. The zero-order valence-electron chi connectivity index (χ0n) is 19.9. The number of amides is 3. The monoisotopic (exact) mass is 489 g/mol. The lowest BCUT2D eigenvalue weighted by Gasteiger charge is -2.33. The van der Waals surface area contributed by atoms with Crippen LogP contribution in [0.25, 0.3) is 0 Å². The number of benzene rings is 2. The van der Waals surface area contributed by atoms with Crippen molar-refractivity contribution < 1.29 is 14.4 Å². The summed E-state index contributed by atoms with van der Waals surface area (Å²) in [6.07, 6.45) is 5.51. The molecule has 2 N–H and O–H groups in total. The quantitative estimate of drug-likeness (QED) is 0.440. The average Bonchev–Trinajstić information content (AvgIpc) is 3.37. The zero-order valence-corrected chi connectivity index (χ0v) is 20.7. The van der Waals surface area contributed by atoms with Crippen molar-refractivity contribution in [3.8, 4) is 0 Å². The van der Waals surface area contributed by atoms with Crippen LogP contribution in [0, 0.1) is 0 Å². The van der Waals surface area contributed by atoms with Crippen LogP contribution in [0.15, 0.2) is 71.4 Å². The van der Waals surface area contributed by atoms with Gasteiger partial charge < -0.3 is 10.6 Å². The fraction of sp³-hybridized carbons (Fsp3) is 0.321. The van der Waals surface area contributed by atoms with Crippen LogP contribution in [0.3, 0.4) is 0 Å². The second-order valence-corrected chi connectivity index (χ2v) is 9.74. The zero-order chi connectivity index (χ0) is 24.6. The molecule has 0 spiro atoms. The van der Waals surface area contributed by atoms with Gasteiger partial charge in [-0.1, -0.05) is 49.6 Å². The molecule has 1 unspecified atom stereocenters. The summed E-state index contributed by atoms with van der Waals surface area (Å²) in [5, 5.41) is 9.88. The van der Waals surface area contributed by atoms with Crippen LogP contribution in [-0.4, -0.2) is 23.8 Å². The number of hydrogen-bond acceptors (Lipinski definition) is 4. The van der Waals surface area contributed by atoms with E-state index in [1.165, 1.54) is 13.3 Å². The minimum absolute atomic E-state index is 0.124. The molecule has 0 radical (unpaired) electrons. The molecule has 1 aromatic heterocycles. The summed E-state index contributed by atoms with van der Waals surface area (Å²) < 4.78 is 0. The Morgan fingerprint density at radius 2 is 1.69 bits per heavy atom. The van der Waals surface area contributed by atoms with Crippen molar-refractivity contribution in [2.75, 3.05) is 10.2 Å². The second kappa shape index (κ2) is 11.8. The first-order valence-electron chi connectivity index (χ1n) is 12.1. The van der Waals surface area contributed by atoms with Crippen molar-refractivity contribution in [2.24, 2.45) is 0 Å². The lowest BCUT2D eigenvalue weighted by Crippen LogP contribution is -2.47. The average molecular weight is 490 g/mol. The largest absolute Gasteiger partial charge is 0.351 e. The normalized spacial score (nSPS) is 14.7. The van der Waals surface area contributed by atoms with E-state index in [2.05, 4.69) is 10.6 Å². The molecule has 0 bridgehead atoms. The molecule has 7 heteroatoms. The van der Waals surface area contributed by atoms with E-state index in [9.17, 15) is 14.4 Å². The number of thiophene rings is 1. The minimum Gasteiger partial charge on any atom is -0.351 e. The molecular weight excluding hydrogens is 458 g/mol. The number of anilines is 2. The molecule has 182 valence electrons. The number of carbonyl (C=O) groups excluding carboxylic acids is 3. The lowest BCUT2D eigenvalue weighted by molar-refractivity contribution is -0.127. The Labute approximate surface area is 210 Å². The van der Waals surface area contributed by atoms with Gasteiger partial charge in [0, 0.05) is 24.3 Å². The molecule has 4 rings (SSSR count). The summed E-state index contributed by atoms with van der Waals surface area (Å²) in [6, 6.07) is 17.8. The van der Waals surface area contributed by atoms with Crippen LogP contribution < -0.4 is 15.5 Å². The van der Waals surface area contributed by atoms with Crippen molar-refractivity contribution in [2.45, 2.75) is 57.5 Å². The molecule has 1 heterocycles. The predicted molar refractivity (Wildman–Crippen MR) is 140 cm³/mol. The fourth-order valence-corrected chi connectivity index (χ4v) is 5.25. The van der Waals surface area contributed by atoms with Crippen LogP contribution in [0.1, 0.15) is 56.2 Å². The smallest absolute Gasteiger partial charge is 0.248 e. The first-order chi connectivity index (χ1) is 17.0. The van der Waals surface area contributed by atoms with Crippen LogP contribution in [-0.2, 0) is 20.8 Å². The van der Waals surface area contributed by atoms with Crippen molar-refractivity contribution in [1.82, 2.24) is 5.32 Å². The Morgan fingerprint density at radius 1 is 0.971 bits per heavy atom. The SMILES string of the molecule is CC(=O)Nc1ccc(N(C(=O)Cc2ccsc2)C(C(=O)NC2CCCCC2)c2ccccc2)cc1. The van der Waals surface area contributed by atoms with E-state index < -0.39 is 6.04 Å². The van der Waals surface area contributed by atoms with Gasteiger partial charge in [-0.05, 0) is 65.1 Å². The van der Waals surface area contributed by atoms with Crippen molar-refractivity contribution in [3.63, 3.8) is 0 Å². The molecule has 0 saturated heterocycles. The van der Waals surface area contributed by atoms with E-state index in [1.54, 1.807) is 40.5 Å². The summed E-state index contributed by atoms with van der Waals surface area (Å²) in [4.78, 5) is 40.6. The molecule has 1 aliphatic rings. The maximum absolute atomic E-state index is 13.8. The first kappa shape index (κ1) is 24.7. The summed E-state index contributed by atoms with van der Waals surface area (Å²) in [7, 11) is 0. The highest BCUT2D eigenvalue weighted by Crippen LogP contribution is 2.31. The van der Waals surface area contributed by atoms with Gasteiger partial charge in [-0.3, -0.25) is 19.3 Å². The fourth-order valence-electron chi connectivity index (χ4n) is 4.58. The van der Waals surface area contributed by atoms with Gasteiger partial charge in [0.1, 0.15) is 6.04 Å². The van der Waals surface area contributed by atoms with Crippen LogP contribution in [0.2, 0.25) is 0 Å². The molecule has 35 heavy (non-hydrogen) atoms. The van der Waals surface area contributed by atoms with Gasteiger partial charge in [-0.15, -0.1) is 0 Å². The Hall–Kier alpha value is -3.45. The van der Waals surface area contributed by atoms with E-state index in [-0.39, 0.29) is 30.2 Å². The van der Waals surface area contributed by atoms with E-state index in [1.807, 2.05) is 47.2 Å². The van der Waals surface area contributed by atoms with E-state index >= 15 is 0 Å². The van der Waals surface area contributed by atoms with Crippen LogP contribution in [0.5, 0.6) is 0 Å². The third-order valence-electron chi connectivity index (χ3n) is 6.24. The highest BCUT2D eigenvalue weighted by Gasteiger charge is 2.34. The number of hydrogen-bond donors (Lipinski definition) is 2. The highest BCUT2D eigenvalue weighted by molar-refractivity contribution is 7.08. The molecule has 2 aromatic carbocycles. The molecule has 1 atom stereocenters. The van der Waals surface area contributed by atoms with Crippen molar-refractivity contribution >= 4 is 40.4 Å². The van der Waals surface area contributed by atoms with E-state index in [0.29, 0.717) is 11.4 Å². The minimum atomic E-state index is -0.809. The topological polar surface area (TPSA) is 78.5 Å². The standard InChI is InChI=1S/C28H31N3O3S/c1-20(32)29-24-12-14-25(15-13-24)31(26(33)18-21-16-17-35-19-21)27(22-8-4-2-5-9-22)28(34)30-23-10-6-3-7-11-23/h2,4-5,8-9,12-17,19,23,27H,3,6-7,10-11,18H2,1H3,(H,29,32)(H,30,34). The lowest BCUT2D eigenvalue weighted by atomic mass is 9.94. The summed E-state index contributed by atoms with van der Waals surface area (Å²) in [5.74, 6) is -0.506. The molecule has 1 saturated carbocycles. The van der Waals surface area contributed by atoms with E-state index in [0.717, 1.165) is 36.8 Å². The maximum atomic E-state index is 13.8. The Morgan fingerprint density at radius 3 is 2.31 bits per heavy atom. The molecule has 3 aromatic rings. The summed E-state index contributed by atoms with van der Waals surface area (Å²) >= 11 is 1.54. The highest BCUT2D eigenvalue weighted by atomic mass is 32.1. The third-order valence-corrected chi connectivity index (χ3v) is 6.98. The van der Waals surface area contributed by atoms with Crippen molar-refractivity contribution in [3.05, 3.63) is 82.6 Å². The molecule has 0 aliphatic heterocycles. The predicted octanol–water partition coefficient (Wildman–Crippen LogP) is 5.47. The van der Waals surface area contributed by atoms with Gasteiger partial charge in [0.25, 0.3) is 0 Å². The molecule has 1 fully saturated rings. The van der Waals surface area contributed by atoms with Gasteiger partial charge >= 0.3 is 0 Å². The number of nitrogens with one attached hydrogen (secondary N) is 2. The maximum Gasteiger partial charge on any atom is 0.248 e. The summed E-state index contributed by atoms with van der Waals surface area (Å²) in [6.45, 7) is 1.45. The second-order valence-electron chi connectivity index (χ2n) is 8.96. The van der Waals surface area contributed by atoms with Crippen LogP contribution in [0.4, 0.5) is 11.4 Å². The first-order valence-corrected chi connectivity index (χ1v) is 13.0. The van der Waals surface area contributed by atoms with Gasteiger partial charge in [0.2, 0.25) is 17.7 Å². The molecular formula is C28H31N3O3S. The third kappa shape index (κ3) is 6.57. The van der Waals surface area contributed by atoms with Crippen molar-refractivity contribution in [1.29, 1.82) is 0 Å². The molecule has 6 nitrogen and oxygen atoms in total. The number of nitrogens with zero attached hydrogens (tertiary/aromatic N) is 1. The van der Waals surface area contributed by atoms with Gasteiger partial charge in [0.15, 0.2) is 0 Å². The van der Waals surface area contributed by atoms with Gasteiger partial charge in [-0.2, -0.15) is 11.3 Å². The number of rotatable bonds is 8. The molecule has 1 aliphatic carbocycles. The van der Waals surface area contributed by atoms with Gasteiger partial charge in [-0.25, -0.2) is 0 Å². The Balaban J connectivity index is 1.71. The van der Waals surface area contributed by atoms with Crippen LogP contribution >= 0.6 is 11.3 Å². The Kier molecular flexibility index (Phi) is 8.32.